The molecule has 1 aliphatic heterocycles. The van der Waals surface area contributed by atoms with E-state index in [0.717, 1.165) is 42.7 Å². The number of carbonyl (C=O) groups is 1. The van der Waals surface area contributed by atoms with Gasteiger partial charge in [0.15, 0.2) is 0 Å². The predicted octanol–water partition coefficient (Wildman–Crippen LogP) is 3.07. The van der Waals surface area contributed by atoms with E-state index < -0.39 is 0 Å². The molecule has 1 unspecified atom stereocenters. The lowest BCUT2D eigenvalue weighted by Crippen LogP contribution is -2.31. The maximum absolute atomic E-state index is 12.8. The van der Waals surface area contributed by atoms with E-state index in [1.54, 1.807) is 0 Å². The molecule has 2 heterocycles. The predicted molar refractivity (Wildman–Crippen MR) is 106 cm³/mol. The Morgan fingerprint density at radius 3 is 2.93 bits per heavy atom. The van der Waals surface area contributed by atoms with E-state index in [0.29, 0.717) is 0 Å². The van der Waals surface area contributed by atoms with E-state index in [1.807, 2.05) is 54.3 Å². The molecule has 0 spiro atoms. The minimum atomic E-state index is -0.102. The molecule has 3 aromatic rings. The average molecular weight is 360 g/mol. The Balaban J connectivity index is 1.45. The average Bonchev–Trinajstić information content (AvgIpc) is 3.17. The highest BCUT2D eigenvalue weighted by Gasteiger charge is 2.19. The van der Waals surface area contributed by atoms with E-state index in [9.17, 15) is 4.79 Å². The number of carbonyl (C=O) groups excluding carboxylic acids is 1. The van der Waals surface area contributed by atoms with Crippen molar-refractivity contribution >= 4 is 5.91 Å². The lowest BCUT2D eigenvalue weighted by molar-refractivity contribution is 0.0938. The number of benzene rings is 2. The zero-order valence-electron chi connectivity index (χ0n) is 15.5. The van der Waals surface area contributed by atoms with Crippen LogP contribution in [0.1, 0.15) is 45.6 Å². The van der Waals surface area contributed by atoms with Gasteiger partial charge in [0.05, 0.1) is 18.8 Å². The van der Waals surface area contributed by atoms with Gasteiger partial charge in [-0.05, 0) is 42.6 Å². The minimum absolute atomic E-state index is 0.0288. The van der Waals surface area contributed by atoms with E-state index in [-0.39, 0.29) is 11.9 Å². The van der Waals surface area contributed by atoms with Crippen molar-refractivity contribution in [2.45, 2.75) is 32.5 Å². The van der Waals surface area contributed by atoms with E-state index in [4.69, 9.17) is 0 Å². The molecule has 2 N–H and O–H groups in total. The van der Waals surface area contributed by atoms with Crippen LogP contribution in [0.5, 0.6) is 0 Å². The Morgan fingerprint density at radius 1 is 1.22 bits per heavy atom. The second-order valence-electron chi connectivity index (χ2n) is 7.02. The molecule has 27 heavy (non-hydrogen) atoms. The van der Waals surface area contributed by atoms with Gasteiger partial charge in [0.25, 0.3) is 5.91 Å². The van der Waals surface area contributed by atoms with Crippen LogP contribution in [0.2, 0.25) is 0 Å². The van der Waals surface area contributed by atoms with Crippen molar-refractivity contribution < 1.29 is 4.79 Å². The highest BCUT2D eigenvalue weighted by molar-refractivity contribution is 5.96. The minimum Gasteiger partial charge on any atom is -0.345 e. The van der Waals surface area contributed by atoms with Crippen LogP contribution in [0.4, 0.5) is 0 Å². The van der Waals surface area contributed by atoms with Gasteiger partial charge in [-0.2, -0.15) is 5.10 Å². The number of hydrogen-bond donors (Lipinski definition) is 2. The second kappa shape index (κ2) is 7.76. The zero-order valence-corrected chi connectivity index (χ0v) is 15.5. The highest BCUT2D eigenvalue weighted by Crippen LogP contribution is 2.20. The highest BCUT2D eigenvalue weighted by atomic mass is 16.1. The van der Waals surface area contributed by atoms with Crippen LogP contribution in [0.3, 0.4) is 0 Å². The molecular weight excluding hydrogens is 336 g/mol. The summed E-state index contributed by atoms with van der Waals surface area (Å²) in [6.45, 7) is 4.44. The SMILES string of the molecule is CC(NC(=O)c1cccc2c1CNCC2)c1cnn(Cc2ccccc2)c1. The molecule has 0 saturated carbocycles. The van der Waals surface area contributed by atoms with Crippen molar-refractivity contribution in [3.63, 3.8) is 0 Å². The molecule has 1 aliphatic rings. The van der Waals surface area contributed by atoms with Gasteiger partial charge in [0, 0.05) is 23.9 Å². The first-order chi connectivity index (χ1) is 13.2. The number of nitrogens with zero attached hydrogens (tertiary/aromatic N) is 2. The van der Waals surface area contributed by atoms with Crippen LogP contribution in [-0.2, 0) is 19.5 Å². The van der Waals surface area contributed by atoms with Crippen LogP contribution in [-0.4, -0.2) is 22.2 Å². The Hall–Kier alpha value is -2.92. The molecular formula is C22H24N4O. The molecule has 138 valence electrons. The van der Waals surface area contributed by atoms with Gasteiger partial charge >= 0.3 is 0 Å². The van der Waals surface area contributed by atoms with Crippen LogP contribution < -0.4 is 10.6 Å². The normalized spacial score (nSPS) is 14.4. The Labute approximate surface area is 159 Å². The molecule has 0 bridgehead atoms. The molecule has 1 aromatic heterocycles. The monoisotopic (exact) mass is 360 g/mol. The van der Waals surface area contributed by atoms with Gasteiger partial charge < -0.3 is 10.6 Å². The summed E-state index contributed by atoms with van der Waals surface area (Å²) in [7, 11) is 0. The largest absolute Gasteiger partial charge is 0.345 e. The molecule has 5 heteroatoms. The van der Waals surface area contributed by atoms with Crippen molar-refractivity contribution in [3.05, 3.63) is 88.7 Å². The summed E-state index contributed by atoms with van der Waals surface area (Å²) >= 11 is 0. The number of amides is 1. The van der Waals surface area contributed by atoms with E-state index in [1.165, 1.54) is 11.1 Å². The van der Waals surface area contributed by atoms with Gasteiger partial charge in [0.1, 0.15) is 0 Å². The zero-order chi connectivity index (χ0) is 18.6. The first-order valence-corrected chi connectivity index (χ1v) is 9.39. The molecule has 2 aromatic carbocycles. The van der Waals surface area contributed by atoms with Crippen LogP contribution in [0.15, 0.2) is 60.9 Å². The van der Waals surface area contributed by atoms with E-state index in [2.05, 4.69) is 33.9 Å². The summed E-state index contributed by atoms with van der Waals surface area (Å²) in [5.41, 5.74) is 5.36. The van der Waals surface area contributed by atoms with Crippen LogP contribution >= 0.6 is 0 Å². The summed E-state index contributed by atoms with van der Waals surface area (Å²) in [5, 5.41) is 10.9. The molecule has 0 saturated heterocycles. The van der Waals surface area contributed by atoms with Crippen molar-refractivity contribution in [3.8, 4) is 0 Å². The van der Waals surface area contributed by atoms with Gasteiger partial charge in [0.2, 0.25) is 0 Å². The fraction of sp³-hybridized carbons (Fsp3) is 0.273. The summed E-state index contributed by atoms with van der Waals surface area (Å²) < 4.78 is 1.90. The molecule has 0 fully saturated rings. The summed E-state index contributed by atoms with van der Waals surface area (Å²) in [4.78, 5) is 12.8. The first-order valence-electron chi connectivity index (χ1n) is 9.39. The van der Waals surface area contributed by atoms with Gasteiger partial charge in [-0.1, -0.05) is 42.5 Å². The van der Waals surface area contributed by atoms with Gasteiger partial charge in [-0.15, -0.1) is 0 Å². The number of hydrogen-bond acceptors (Lipinski definition) is 3. The molecule has 0 radical (unpaired) electrons. The first kappa shape index (κ1) is 17.5. The Bertz CT molecular complexity index is 932. The van der Waals surface area contributed by atoms with Crippen molar-refractivity contribution in [2.75, 3.05) is 6.54 Å². The topological polar surface area (TPSA) is 59.0 Å². The van der Waals surface area contributed by atoms with Gasteiger partial charge in [-0.25, -0.2) is 0 Å². The van der Waals surface area contributed by atoms with Crippen molar-refractivity contribution in [2.24, 2.45) is 0 Å². The maximum Gasteiger partial charge on any atom is 0.252 e. The summed E-state index contributed by atoms with van der Waals surface area (Å²) in [5.74, 6) is -0.0288. The fourth-order valence-electron chi connectivity index (χ4n) is 3.54. The number of aromatic nitrogens is 2. The number of nitrogens with one attached hydrogen (secondary N) is 2. The Morgan fingerprint density at radius 2 is 2.07 bits per heavy atom. The van der Waals surface area contributed by atoms with Gasteiger partial charge in [-0.3, -0.25) is 9.48 Å². The molecule has 5 nitrogen and oxygen atoms in total. The fourth-order valence-corrected chi connectivity index (χ4v) is 3.54. The number of rotatable bonds is 5. The summed E-state index contributed by atoms with van der Waals surface area (Å²) in [6, 6.07) is 16.1. The molecule has 1 atom stereocenters. The Kier molecular flexibility index (Phi) is 5.03. The molecule has 0 aliphatic carbocycles. The van der Waals surface area contributed by atoms with Crippen LogP contribution in [0, 0.1) is 0 Å². The van der Waals surface area contributed by atoms with Crippen molar-refractivity contribution in [1.82, 2.24) is 20.4 Å². The third-order valence-electron chi connectivity index (χ3n) is 5.08. The smallest absolute Gasteiger partial charge is 0.252 e. The van der Waals surface area contributed by atoms with Crippen molar-refractivity contribution in [1.29, 1.82) is 0 Å². The third kappa shape index (κ3) is 3.93. The summed E-state index contributed by atoms with van der Waals surface area (Å²) in [6.07, 6.45) is 4.80. The quantitative estimate of drug-likeness (QED) is 0.735. The van der Waals surface area contributed by atoms with E-state index >= 15 is 0 Å². The molecule has 4 rings (SSSR count). The maximum atomic E-state index is 12.8. The van der Waals surface area contributed by atoms with Crippen LogP contribution in [0.25, 0.3) is 0 Å². The second-order valence-corrected chi connectivity index (χ2v) is 7.02. The standard InChI is InChI=1S/C22H24N4O/c1-16(19-12-24-26(15-19)14-17-6-3-2-4-7-17)25-22(27)20-9-5-8-18-10-11-23-13-21(18)20/h2-9,12,15-16,23H,10-11,13-14H2,1H3,(H,25,27). The number of fused-ring (bicyclic) bond motifs is 1. The lowest BCUT2D eigenvalue weighted by Gasteiger charge is -2.21. The lowest BCUT2D eigenvalue weighted by atomic mass is 9.95. The molecule has 1 amide bonds. The third-order valence-corrected chi connectivity index (χ3v) is 5.08.